The number of hydrogen-bond donors (Lipinski definition) is 4. The van der Waals surface area contributed by atoms with E-state index in [0.29, 0.717) is 6.42 Å². The fourth-order valence-corrected chi connectivity index (χ4v) is 5.72. The number of unbranched alkanes of at least 4 members (excludes halogenated alkanes) is 19. The Hall–Kier alpha value is -1.30. The Kier molecular flexibility index (Phi) is 26.6. The lowest BCUT2D eigenvalue weighted by atomic mass is 9.99. The molecule has 0 spiro atoms. The highest BCUT2D eigenvalue weighted by Crippen LogP contribution is 2.22. The molecular weight excluding hydrogens is 592 g/mol. The molecule has 0 aromatic carbocycles. The molecule has 0 amide bonds. The van der Waals surface area contributed by atoms with E-state index in [-0.39, 0.29) is 32.0 Å². The van der Waals surface area contributed by atoms with Crippen LogP contribution in [-0.4, -0.2) is 89.0 Å². The van der Waals surface area contributed by atoms with Gasteiger partial charge in [0.15, 0.2) is 12.4 Å². The molecule has 6 atom stereocenters. The van der Waals surface area contributed by atoms with Crippen LogP contribution in [-0.2, 0) is 28.5 Å². The second kappa shape index (κ2) is 28.7. The van der Waals surface area contributed by atoms with Crippen molar-refractivity contribution in [2.24, 2.45) is 0 Å². The van der Waals surface area contributed by atoms with Crippen molar-refractivity contribution in [3.05, 3.63) is 0 Å². The zero-order valence-corrected chi connectivity index (χ0v) is 29.1. The molecule has 0 bridgehead atoms. The Morgan fingerprint density at radius 2 is 1.02 bits per heavy atom. The fourth-order valence-electron chi connectivity index (χ4n) is 5.72. The largest absolute Gasteiger partial charge is 0.462 e. The van der Waals surface area contributed by atoms with Gasteiger partial charge < -0.3 is 39.4 Å². The number of hydrogen-bond acceptors (Lipinski definition) is 10. The van der Waals surface area contributed by atoms with Gasteiger partial charge in [-0.15, -0.1) is 0 Å². The lowest BCUT2D eigenvalue weighted by Crippen LogP contribution is -2.59. The molecule has 1 saturated heterocycles. The average Bonchev–Trinajstić information content (AvgIpc) is 3.05. The normalized spacial score (nSPS) is 22.1. The van der Waals surface area contributed by atoms with Crippen LogP contribution in [0.4, 0.5) is 0 Å². The predicted octanol–water partition coefficient (Wildman–Crippen LogP) is 6.27. The predicted molar refractivity (Wildman–Crippen MR) is 178 cm³/mol. The standard InChI is InChI=1S/C36H68O10/c1-3-5-7-9-11-13-14-15-17-19-21-23-25-32(39)45-29(28-44-36-35(42)34(41)33(40)30(26-37)46-36)27-43-31(38)24-22-20-18-16-12-10-8-6-4-2/h29-30,33-37,40-42H,3-28H2,1-2H3. The topological polar surface area (TPSA) is 152 Å². The Balaban J connectivity index is 2.41. The van der Waals surface area contributed by atoms with Gasteiger partial charge in [0.2, 0.25) is 0 Å². The third-order valence-electron chi connectivity index (χ3n) is 8.74. The summed E-state index contributed by atoms with van der Waals surface area (Å²) in [6.07, 6.45) is 16.9. The van der Waals surface area contributed by atoms with Crippen LogP contribution in [0.25, 0.3) is 0 Å². The number of aliphatic hydroxyl groups excluding tert-OH is 4. The molecule has 10 nitrogen and oxygen atoms in total. The maximum absolute atomic E-state index is 12.6. The van der Waals surface area contributed by atoms with Gasteiger partial charge in [-0.05, 0) is 12.8 Å². The van der Waals surface area contributed by atoms with Crippen molar-refractivity contribution >= 4 is 11.9 Å². The van der Waals surface area contributed by atoms with Crippen LogP contribution < -0.4 is 0 Å². The second-order valence-electron chi connectivity index (χ2n) is 13.0. The van der Waals surface area contributed by atoms with Crippen LogP contribution in [0, 0.1) is 0 Å². The first kappa shape index (κ1) is 42.7. The summed E-state index contributed by atoms with van der Waals surface area (Å²) < 4.78 is 22.0. The highest BCUT2D eigenvalue weighted by Gasteiger charge is 2.44. The molecule has 1 heterocycles. The van der Waals surface area contributed by atoms with Crippen molar-refractivity contribution in [2.75, 3.05) is 19.8 Å². The monoisotopic (exact) mass is 660 g/mol. The Bertz CT molecular complexity index is 734. The van der Waals surface area contributed by atoms with E-state index in [9.17, 15) is 30.0 Å². The van der Waals surface area contributed by atoms with Crippen LogP contribution in [0.2, 0.25) is 0 Å². The lowest BCUT2D eigenvalue weighted by Gasteiger charge is -2.39. The highest BCUT2D eigenvalue weighted by molar-refractivity contribution is 5.70. The summed E-state index contributed by atoms with van der Waals surface area (Å²) in [6.45, 7) is 3.38. The smallest absolute Gasteiger partial charge is 0.306 e. The van der Waals surface area contributed by atoms with Gasteiger partial charge in [-0.3, -0.25) is 9.59 Å². The van der Waals surface area contributed by atoms with Crippen LogP contribution in [0.15, 0.2) is 0 Å². The maximum atomic E-state index is 12.6. The van der Waals surface area contributed by atoms with Crippen molar-refractivity contribution in [2.45, 2.75) is 198 Å². The number of carbonyl (C=O) groups excluding carboxylic acids is 2. The zero-order valence-electron chi connectivity index (χ0n) is 29.1. The second-order valence-corrected chi connectivity index (χ2v) is 13.0. The summed E-state index contributed by atoms with van der Waals surface area (Å²) in [6, 6.07) is 0. The maximum Gasteiger partial charge on any atom is 0.306 e. The summed E-state index contributed by atoms with van der Waals surface area (Å²) in [4.78, 5) is 25.0. The molecular formula is C36H68O10. The summed E-state index contributed by atoms with van der Waals surface area (Å²) >= 11 is 0. The minimum absolute atomic E-state index is 0.210. The molecule has 272 valence electrons. The van der Waals surface area contributed by atoms with E-state index in [4.69, 9.17) is 18.9 Å². The molecule has 1 fully saturated rings. The van der Waals surface area contributed by atoms with E-state index in [1.54, 1.807) is 0 Å². The van der Waals surface area contributed by atoms with Crippen molar-refractivity contribution in [1.82, 2.24) is 0 Å². The molecule has 0 radical (unpaired) electrons. The molecule has 10 heteroatoms. The van der Waals surface area contributed by atoms with Crippen molar-refractivity contribution in [3.8, 4) is 0 Å². The molecule has 4 N–H and O–H groups in total. The van der Waals surface area contributed by atoms with Gasteiger partial charge >= 0.3 is 11.9 Å². The molecule has 0 aromatic rings. The summed E-state index contributed by atoms with van der Waals surface area (Å²) in [5, 5.41) is 39.8. The van der Waals surface area contributed by atoms with Crippen molar-refractivity contribution < 1.29 is 49.0 Å². The number of rotatable bonds is 30. The lowest BCUT2D eigenvalue weighted by molar-refractivity contribution is -0.305. The van der Waals surface area contributed by atoms with E-state index in [0.717, 1.165) is 38.5 Å². The molecule has 1 aliphatic heterocycles. The highest BCUT2D eigenvalue weighted by atomic mass is 16.7. The molecule has 1 aliphatic rings. The van der Waals surface area contributed by atoms with Gasteiger partial charge in [-0.1, -0.05) is 136 Å². The number of esters is 2. The van der Waals surface area contributed by atoms with Gasteiger partial charge in [0, 0.05) is 12.8 Å². The molecule has 0 saturated carbocycles. The zero-order chi connectivity index (χ0) is 33.8. The first-order valence-electron chi connectivity index (χ1n) is 18.6. The molecule has 46 heavy (non-hydrogen) atoms. The SMILES string of the molecule is CCCCCCCCCCCCCCC(=O)OC(COC(=O)CCCCCCCCCCC)COC1OC(CO)C(O)C(O)C1O. The fraction of sp³-hybridized carbons (Fsp3) is 0.944. The van der Waals surface area contributed by atoms with E-state index in [1.165, 1.54) is 89.9 Å². The van der Waals surface area contributed by atoms with E-state index < -0.39 is 49.4 Å². The van der Waals surface area contributed by atoms with Crippen LogP contribution in [0.3, 0.4) is 0 Å². The van der Waals surface area contributed by atoms with Gasteiger partial charge in [-0.25, -0.2) is 0 Å². The third kappa shape index (κ3) is 20.8. The summed E-state index contributed by atoms with van der Waals surface area (Å²) in [5.74, 6) is -0.803. The Labute approximate surface area is 278 Å². The van der Waals surface area contributed by atoms with E-state index in [2.05, 4.69) is 13.8 Å². The molecule has 1 rings (SSSR count). The van der Waals surface area contributed by atoms with Gasteiger partial charge in [0.1, 0.15) is 31.0 Å². The minimum Gasteiger partial charge on any atom is -0.462 e. The Morgan fingerprint density at radius 3 is 1.48 bits per heavy atom. The molecule has 0 aromatic heterocycles. The van der Waals surface area contributed by atoms with Crippen molar-refractivity contribution in [3.63, 3.8) is 0 Å². The summed E-state index contributed by atoms with van der Waals surface area (Å²) in [5.41, 5.74) is 0. The van der Waals surface area contributed by atoms with Gasteiger partial charge in [0.25, 0.3) is 0 Å². The summed E-state index contributed by atoms with van der Waals surface area (Å²) in [7, 11) is 0. The number of ether oxygens (including phenoxy) is 4. The van der Waals surface area contributed by atoms with Crippen LogP contribution in [0.1, 0.15) is 162 Å². The first-order chi connectivity index (χ1) is 22.3. The first-order valence-corrected chi connectivity index (χ1v) is 18.6. The minimum atomic E-state index is -1.59. The van der Waals surface area contributed by atoms with Crippen molar-refractivity contribution in [1.29, 1.82) is 0 Å². The number of aliphatic hydroxyl groups is 4. The third-order valence-corrected chi connectivity index (χ3v) is 8.74. The average molecular weight is 661 g/mol. The van der Waals surface area contributed by atoms with Crippen LogP contribution in [0.5, 0.6) is 0 Å². The van der Waals surface area contributed by atoms with Gasteiger partial charge in [-0.2, -0.15) is 0 Å². The van der Waals surface area contributed by atoms with Crippen LogP contribution >= 0.6 is 0 Å². The van der Waals surface area contributed by atoms with Gasteiger partial charge in [0.05, 0.1) is 13.2 Å². The van der Waals surface area contributed by atoms with E-state index in [1.807, 2.05) is 0 Å². The number of carbonyl (C=O) groups is 2. The van der Waals surface area contributed by atoms with E-state index >= 15 is 0 Å². The molecule has 6 unspecified atom stereocenters. The Morgan fingerprint density at radius 1 is 0.587 bits per heavy atom. The molecule has 0 aliphatic carbocycles. The quantitative estimate of drug-likeness (QED) is 0.0512.